The molecule has 1 unspecified atom stereocenters. The lowest BCUT2D eigenvalue weighted by atomic mass is 9.72. The van der Waals surface area contributed by atoms with E-state index in [2.05, 4.69) is 53.7 Å². The number of allylic oxidation sites excluding steroid dienone is 2. The third-order valence-corrected chi connectivity index (χ3v) is 3.46. The van der Waals surface area contributed by atoms with Crippen LogP contribution in [0.3, 0.4) is 0 Å². The highest BCUT2D eigenvalue weighted by Gasteiger charge is 2.32. The lowest BCUT2D eigenvalue weighted by Gasteiger charge is -2.37. The summed E-state index contributed by atoms with van der Waals surface area (Å²) in [5.74, 6) is 0.418. The standard InChI is InChI=1S/C13H23N/c1-9-7-11(12(3,4)5)8-10(2)13(9,6)14/h7-9H,14H2,1-6H3/t9?,13-/m0/s1. The van der Waals surface area contributed by atoms with Gasteiger partial charge >= 0.3 is 0 Å². The van der Waals surface area contributed by atoms with E-state index in [9.17, 15) is 0 Å². The topological polar surface area (TPSA) is 26.0 Å². The zero-order valence-electron chi connectivity index (χ0n) is 10.3. The molecule has 0 aromatic heterocycles. The molecule has 1 nitrogen and oxygen atoms in total. The molecule has 0 aromatic carbocycles. The van der Waals surface area contributed by atoms with Crippen LogP contribution < -0.4 is 5.73 Å². The van der Waals surface area contributed by atoms with Gasteiger partial charge in [-0.05, 0) is 30.8 Å². The van der Waals surface area contributed by atoms with E-state index in [0.29, 0.717) is 5.92 Å². The number of nitrogens with two attached hydrogens (primary N) is 1. The van der Waals surface area contributed by atoms with E-state index in [0.717, 1.165) is 0 Å². The second kappa shape index (κ2) is 3.23. The molecule has 14 heavy (non-hydrogen) atoms. The smallest absolute Gasteiger partial charge is 0.0401 e. The van der Waals surface area contributed by atoms with Crippen molar-refractivity contribution in [1.82, 2.24) is 0 Å². The van der Waals surface area contributed by atoms with Crippen molar-refractivity contribution in [3.63, 3.8) is 0 Å². The van der Waals surface area contributed by atoms with Crippen molar-refractivity contribution in [3.05, 3.63) is 23.3 Å². The summed E-state index contributed by atoms with van der Waals surface area (Å²) < 4.78 is 0. The van der Waals surface area contributed by atoms with Gasteiger partial charge in [-0.2, -0.15) is 0 Å². The van der Waals surface area contributed by atoms with E-state index in [1.165, 1.54) is 11.1 Å². The quantitative estimate of drug-likeness (QED) is 0.628. The molecule has 0 radical (unpaired) electrons. The van der Waals surface area contributed by atoms with Gasteiger partial charge in [-0.3, -0.25) is 0 Å². The molecular weight excluding hydrogens is 170 g/mol. The van der Waals surface area contributed by atoms with Crippen LogP contribution in [-0.2, 0) is 0 Å². The van der Waals surface area contributed by atoms with Gasteiger partial charge in [0.05, 0.1) is 0 Å². The molecule has 0 spiro atoms. The van der Waals surface area contributed by atoms with E-state index in [1.807, 2.05) is 0 Å². The van der Waals surface area contributed by atoms with Crippen molar-refractivity contribution in [2.45, 2.75) is 47.1 Å². The average Bonchev–Trinajstić information content (AvgIpc) is 1.98. The van der Waals surface area contributed by atoms with Gasteiger partial charge in [-0.25, -0.2) is 0 Å². The molecule has 0 saturated carbocycles. The van der Waals surface area contributed by atoms with Crippen LogP contribution in [0.2, 0.25) is 0 Å². The number of rotatable bonds is 0. The van der Waals surface area contributed by atoms with Gasteiger partial charge in [0.15, 0.2) is 0 Å². The fourth-order valence-electron chi connectivity index (χ4n) is 1.70. The normalized spacial score (nSPS) is 33.8. The van der Waals surface area contributed by atoms with Crippen LogP contribution in [0.1, 0.15) is 41.5 Å². The highest BCUT2D eigenvalue weighted by Crippen LogP contribution is 2.37. The molecule has 2 N–H and O–H groups in total. The molecule has 0 bridgehead atoms. The second-order valence-corrected chi connectivity index (χ2v) is 5.77. The lowest BCUT2D eigenvalue weighted by Crippen LogP contribution is -2.45. The third kappa shape index (κ3) is 1.93. The maximum atomic E-state index is 6.26. The molecule has 0 fully saturated rings. The first-order valence-electron chi connectivity index (χ1n) is 5.35. The van der Waals surface area contributed by atoms with E-state index in [4.69, 9.17) is 5.73 Å². The van der Waals surface area contributed by atoms with Gasteiger partial charge in [-0.15, -0.1) is 0 Å². The summed E-state index contributed by atoms with van der Waals surface area (Å²) in [4.78, 5) is 0. The van der Waals surface area contributed by atoms with E-state index in [1.54, 1.807) is 0 Å². The molecule has 80 valence electrons. The average molecular weight is 193 g/mol. The molecule has 2 atom stereocenters. The highest BCUT2D eigenvalue weighted by atomic mass is 14.7. The van der Waals surface area contributed by atoms with E-state index in [-0.39, 0.29) is 11.0 Å². The Hall–Kier alpha value is -0.560. The Labute approximate surface area is 88.1 Å². The van der Waals surface area contributed by atoms with Gasteiger partial charge < -0.3 is 5.73 Å². The van der Waals surface area contributed by atoms with Crippen LogP contribution in [0.5, 0.6) is 0 Å². The van der Waals surface area contributed by atoms with Crippen LogP contribution in [0.15, 0.2) is 23.3 Å². The first-order valence-corrected chi connectivity index (χ1v) is 5.35. The SMILES string of the molecule is CC1=CC(C(C)(C)C)=CC(C)[C@]1(C)N. The number of hydrogen-bond donors (Lipinski definition) is 1. The van der Waals surface area contributed by atoms with Gasteiger partial charge in [-0.1, -0.05) is 45.4 Å². The van der Waals surface area contributed by atoms with Crippen LogP contribution in [-0.4, -0.2) is 5.54 Å². The molecule has 0 heterocycles. The van der Waals surface area contributed by atoms with E-state index < -0.39 is 0 Å². The predicted molar refractivity (Wildman–Crippen MR) is 63.1 cm³/mol. The summed E-state index contributed by atoms with van der Waals surface area (Å²) >= 11 is 0. The van der Waals surface area contributed by atoms with Crippen molar-refractivity contribution in [1.29, 1.82) is 0 Å². The Bertz CT molecular complexity index is 287. The van der Waals surface area contributed by atoms with Gasteiger partial charge in [0.1, 0.15) is 0 Å². The summed E-state index contributed by atoms with van der Waals surface area (Å²) in [6, 6.07) is 0. The van der Waals surface area contributed by atoms with Crippen LogP contribution in [0.4, 0.5) is 0 Å². The van der Waals surface area contributed by atoms with Gasteiger partial charge in [0.25, 0.3) is 0 Å². The molecule has 0 saturated heterocycles. The largest absolute Gasteiger partial charge is 0.321 e. The Balaban J connectivity index is 3.09. The summed E-state index contributed by atoms with van der Waals surface area (Å²) in [5, 5.41) is 0. The molecule has 0 aromatic rings. The lowest BCUT2D eigenvalue weighted by molar-refractivity contribution is 0.408. The molecule has 0 aliphatic heterocycles. The zero-order valence-corrected chi connectivity index (χ0v) is 10.3. The molecule has 1 rings (SSSR count). The monoisotopic (exact) mass is 193 g/mol. The molecule has 0 amide bonds. The third-order valence-electron chi connectivity index (χ3n) is 3.46. The zero-order chi connectivity index (χ0) is 11.1. The van der Waals surface area contributed by atoms with Gasteiger partial charge in [0, 0.05) is 5.54 Å². The van der Waals surface area contributed by atoms with Crippen molar-refractivity contribution in [2.24, 2.45) is 17.1 Å². The van der Waals surface area contributed by atoms with Crippen LogP contribution in [0, 0.1) is 11.3 Å². The van der Waals surface area contributed by atoms with Crippen LogP contribution in [0.25, 0.3) is 0 Å². The predicted octanol–water partition coefficient (Wildman–Crippen LogP) is 3.27. The van der Waals surface area contributed by atoms with E-state index >= 15 is 0 Å². The minimum absolute atomic E-state index is 0.172. The molecule has 1 aliphatic rings. The Kier molecular flexibility index (Phi) is 2.66. The summed E-state index contributed by atoms with van der Waals surface area (Å²) in [5.41, 5.74) is 9.01. The molecular formula is C13H23N. The molecule has 1 aliphatic carbocycles. The first-order chi connectivity index (χ1) is 6.15. The summed E-state index contributed by atoms with van der Waals surface area (Å²) in [6.45, 7) is 13.2. The summed E-state index contributed by atoms with van der Waals surface area (Å²) in [7, 11) is 0. The minimum atomic E-state index is -0.172. The highest BCUT2D eigenvalue weighted by molar-refractivity contribution is 5.38. The van der Waals surface area contributed by atoms with Gasteiger partial charge in [0.2, 0.25) is 0 Å². The Morgan fingerprint density at radius 1 is 1.36 bits per heavy atom. The fourth-order valence-corrected chi connectivity index (χ4v) is 1.70. The maximum absolute atomic E-state index is 6.26. The minimum Gasteiger partial charge on any atom is -0.321 e. The van der Waals surface area contributed by atoms with Crippen molar-refractivity contribution in [2.75, 3.05) is 0 Å². The second-order valence-electron chi connectivity index (χ2n) is 5.77. The van der Waals surface area contributed by atoms with Crippen LogP contribution >= 0.6 is 0 Å². The Morgan fingerprint density at radius 2 is 1.86 bits per heavy atom. The summed E-state index contributed by atoms with van der Waals surface area (Å²) in [6.07, 6.45) is 4.56. The van der Waals surface area contributed by atoms with Crippen molar-refractivity contribution >= 4 is 0 Å². The maximum Gasteiger partial charge on any atom is 0.0401 e. The number of hydrogen-bond acceptors (Lipinski definition) is 1. The Morgan fingerprint density at radius 3 is 2.21 bits per heavy atom. The van der Waals surface area contributed by atoms with Crippen molar-refractivity contribution < 1.29 is 0 Å². The fraction of sp³-hybridized carbons (Fsp3) is 0.692. The molecule has 1 heteroatoms. The van der Waals surface area contributed by atoms with Crippen molar-refractivity contribution in [3.8, 4) is 0 Å². The first kappa shape index (κ1) is 11.5.